The summed E-state index contributed by atoms with van der Waals surface area (Å²) in [6, 6.07) is 1.31. The van der Waals surface area contributed by atoms with Gasteiger partial charge in [-0.25, -0.2) is 14.8 Å². The number of methoxy groups -OCH3 is 2. The van der Waals surface area contributed by atoms with Crippen LogP contribution in [0.15, 0.2) is 6.07 Å². The largest absolute Gasteiger partial charge is 0.467 e. The van der Waals surface area contributed by atoms with E-state index in [0.29, 0.717) is 36.4 Å². The van der Waals surface area contributed by atoms with E-state index < -0.39 is 6.04 Å². The van der Waals surface area contributed by atoms with Crippen LogP contribution >= 0.6 is 0 Å². The number of esters is 1. The second-order valence-corrected chi connectivity index (χ2v) is 5.09. The molecular weight excluding hydrogens is 272 g/mol. The summed E-state index contributed by atoms with van der Waals surface area (Å²) < 4.78 is 9.88. The molecule has 1 atom stereocenters. The minimum Gasteiger partial charge on any atom is -0.467 e. The third-order valence-corrected chi connectivity index (χ3v) is 2.82. The molecule has 1 heterocycles. The Morgan fingerprint density at radius 3 is 2.48 bits per heavy atom. The molecule has 1 aromatic heterocycles. The van der Waals surface area contributed by atoms with Crippen molar-refractivity contribution in [3.8, 4) is 0 Å². The highest BCUT2D eigenvalue weighted by Crippen LogP contribution is 2.16. The summed E-state index contributed by atoms with van der Waals surface area (Å²) in [5.74, 6) is 1.82. The summed E-state index contributed by atoms with van der Waals surface area (Å²) in [5, 5.41) is 6.07. The molecule has 0 amide bonds. The van der Waals surface area contributed by atoms with Crippen molar-refractivity contribution >= 4 is 17.6 Å². The smallest absolute Gasteiger partial charge is 0.328 e. The van der Waals surface area contributed by atoms with Gasteiger partial charge in [-0.2, -0.15) is 0 Å². The summed E-state index contributed by atoms with van der Waals surface area (Å²) in [6.07, 6.45) is 0.658. The molecule has 0 aliphatic carbocycles. The van der Waals surface area contributed by atoms with Gasteiger partial charge < -0.3 is 20.1 Å². The first-order chi connectivity index (χ1) is 9.99. The quantitative estimate of drug-likeness (QED) is 0.706. The molecule has 0 aliphatic rings. The zero-order chi connectivity index (χ0) is 15.8. The first kappa shape index (κ1) is 17.2. The molecule has 1 rings (SSSR count). The van der Waals surface area contributed by atoms with Crippen molar-refractivity contribution in [1.29, 1.82) is 0 Å². The van der Waals surface area contributed by atoms with Crippen molar-refractivity contribution in [1.82, 2.24) is 9.97 Å². The maximum atomic E-state index is 11.8. The lowest BCUT2D eigenvalue weighted by Crippen LogP contribution is -2.32. The third kappa shape index (κ3) is 5.55. The van der Waals surface area contributed by atoms with Crippen molar-refractivity contribution in [2.24, 2.45) is 5.92 Å². The highest BCUT2D eigenvalue weighted by molar-refractivity contribution is 5.79. The van der Waals surface area contributed by atoms with E-state index in [2.05, 4.69) is 20.6 Å². The molecule has 7 heteroatoms. The number of carbonyl (C=O) groups is 1. The predicted octanol–water partition coefficient (Wildman–Crippen LogP) is 1.66. The average molecular weight is 296 g/mol. The van der Waals surface area contributed by atoms with Gasteiger partial charge in [-0.1, -0.05) is 13.8 Å². The van der Waals surface area contributed by atoms with Gasteiger partial charge in [0.25, 0.3) is 0 Å². The number of ether oxygens (including phenoxy) is 2. The van der Waals surface area contributed by atoms with Crippen LogP contribution in [-0.4, -0.2) is 43.2 Å². The van der Waals surface area contributed by atoms with Gasteiger partial charge in [-0.15, -0.1) is 0 Å². The van der Waals surface area contributed by atoms with E-state index in [9.17, 15) is 4.79 Å². The Labute approximate surface area is 125 Å². The zero-order valence-electron chi connectivity index (χ0n) is 13.3. The molecule has 118 valence electrons. The van der Waals surface area contributed by atoms with E-state index in [1.54, 1.807) is 20.2 Å². The van der Waals surface area contributed by atoms with Crippen LogP contribution in [0.4, 0.5) is 11.6 Å². The van der Waals surface area contributed by atoms with E-state index in [1.807, 2.05) is 13.8 Å². The molecular formula is C14H24N4O3. The summed E-state index contributed by atoms with van der Waals surface area (Å²) in [6.45, 7) is 4.40. The lowest BCUT2D eigenvalue weighted by Gasteiger charge is -2.19. The van der Waals surface area contributed by atoms with Crippen molar-refractivity contribution < 1.29 is 14.3 Å². The van der Waals surface area contributed by atoms with Crippen molar-refractivity contribution in [3.63, 3.8) is 0 Å². The highest BCUT2D eigenvalue weighted by atomic mass is 16.5. The molecule has 1 aromatic rings. The van der Waals surface area contributed by atoms with Gasteiger partial charge >= 0.3 is 5.97 Å². The van der Waals surface area contributed by atoms with Crippen LogP contribution in [0.25, 0.3) is 0 Å². The highest BCUT2D eigenvalue weighted by Gasteiger charge is 2.21. The Hall–Kier alpha value is -1.89. The molecule has 0 fully saturated rings. The van der Waals surface area contributed by atoms with Crippen LogP contribution in [0.3, 0.4) is 0 Å². The van der Waals surface area contributed by atoms with E-state index in [4.69, 9.17) is 9.47 Å². The standard InChI is InChI=1S/C14H24N4O3/c1-9(2)6-10(14(19)21-5)16-12-7-11(15-3)17-13(18-12)8-20-4/h7,9-10H,6,8H2,1-5H3,(H2,15,16,17,18). The van der Waals surface area contributed by atoms with Gasteiger partial charge in [-0.05, 0) is 12.3 Å². The second-order valence-electron chi connectivity index (χ2n) is 5.09. The predicted molar refractivity (Wildman–Crippen MR) is 81.2 cm³/mol. The van der Waals surface area contributed by atoms with Gasteiger partial charge in [0.2, 0.25) is 0 Å². The van der Waals surface area contributed by atoms with Crippen molar-refractivity contribution in [2.75, 3.05) is 31.9 Å². The van der Waals surface area contributed by atoms with Gasteiger partial charge in [0.15, 0.2) is 5.82 Å². The average Bonchev–Trinajstić information content (AvgIpc) is 2.45. The lowest BCUT2D eigenvalue weighted by atomic mass is 10.0. The van der Waals surface area contributed by atoms with E-state index in [0.717, 1.165) is 0 Å². The molecule has 1 unspecified atom stereocenters. The molecule has 0 saturated carbocycles. The minimum absolute atomic E-state index is 0.303. The molecule has 0 radical (unpaired) electrons. The number of hydrogen-bond acceptors (Lipinski definition) is 7. The minimum atomic E-state index is -0.440. The number of hydrogen-bond donors (Lipinski definition) is 2. The maximum absolute atomic E-state index is 11.8. The van der Waals surface area contributed by atoms with Gasteiger partial charge in [-0.3, -0.25) is 0 Å². The lowest BCUT2D eigenvalue weighted by molar-refractivity contribution is -0.141. The normalized spacial score (nSPS) is 12.1. The molecule has 7 nitrogen and oxygen atoms in total. The number of carbonyl (C=O) groups excluding carboxylic acids is 1. The molecule has 0 aromatic carbocycles. The van der Waals surface area contributed by atoms with Crippen LogP contribution in [0.5, 0.6) is 0 Å². The Bertz CT molecular complexity index is 466. The van der Waals surface area contributed by atoms with Crippen LogP contribution in [-0.2, 0) is 20.9 Å². The van der Waals surface area contributed by atoms with E-state index in [-0.39, 0.29) is 5.97 Å². The monoisotopic (exact) mass is 296 g/mol. The summed E-state index contributed by atoms with van der Waals surface area (Å²) in [4.78, 5) is 20.5. The fraction of sp³-hybridized carbons (Fsp3) is 0.643. The second kappa shape index (κ2) is 8.41. The maximum Gasteiger partial charge on any atom is 0.328 e. The molecule has 0 aliphatic heterocycles. The summed E-state index contributed by atoms with van der Waals surface area (Å²) in [5.41, 5.74) is 0. The zero-order valence-corrected chi connectivity index (χ0v) is 13.3. The van der Waals surface area contributed by atoms with Crippen LogP contribution < -0.4 is 10.6 Å². The van der Waals surface area contributed by atoms with Crippen LogP contribution in [0, 0.1) is 5.92 Å². The van der Waals surface area contributed by atoms with E-state index >= 15 is 0 Å². The topological polar surface area (TPSA) is 85.4 Å². The molecule has 21 heavy (non-hydrogen) atoms. The Balaban J connectivity index is 2.95. The molecule has 0 bridgehead atoms. The fourth-order valence-corrected chi connectivity index (χ4v) is 1.90. The summed E-state index contributed by atoms with van der Waals surface area (Å²) in [7, 11) is 4.74. The van der Waals surface area contributed by atoms with Crippen LogP contribution in [0.2, 0.25) is 0 Å². The van der Waals surface area contributed by atoms with Gasteiger partial charge in [0.05, 0.1) is 7.11 Å². The van der Waals surface area contributed by atoms with Gasteiger partial charge in [0.1, 0.15) is 24.3 Å². The van der Waals surface area contributed by atoms with E-state index in [1.165, 1.54) is 7.11 Å². The SMILES string of the molecule is CNc1cc(NC(CC(C)C)C(=O)OC)nc(COC)n1. The number of nitrogens with one attached hydrogen (secondary N) is 2. The van der Waals surface area contributed by atoms with Crippen LogP contribution in [0.1, 0.15) is 26.1 Å². The third-order valence-electron chi connectivity index (χ3n) is 2.82. The van der Waals surface area contributed by atoms with Gasteiger partial charge in [0, 0.05) is 20.2 Å². The number of anilines is 2. The molecule has 0 saturated heterocycles. The number of aromatic nitrogens is 2. The first-order valence-corrected chi connectivity index (χ1v) is 6.89. The Morgan fingerprint density at radius 2 is 1.95 bits per heavy atom. The fourth-order valence-electron chi connectivity index (χ4n) is 1.90. The Kier molecular flexibility index (Phi) is 6.87. The number of nitrogens with zero attached hydrogens (tertiary/aromatic N) is 2. The number of rotatable bonds is 8. The molecule has 2 N–H and O–H groups in total. The van der Waals surface area contributed by atoms with Crippen molar-refractivity contribution in [2.45, 2.75) is 32.9 Å². The molecule has 0 spiro atoms. The Morgan fingerprint density at radius 1 is 1.29 bits per heavy atom. The summed E-state index contributed by atoms with van der Waals surface area (Å²) >= 11 is 0. The van der Waals surface area contributed by atoms with Crippen molar-refractivity contribution in [3.05, 3.63) is 11.9 Å². The first-order valence-electron chi connectivity index (χ1n) is 6.89.